The first-order chi connectivity index (χ1) is 28.8. The predicted molar refractivity (Wildman–Crippen MR) is 246 cm³/mol. The summed E-state index contributed by atoms with van der Waals surface area (Å²) >= 11 is 0. The van der Waals surface area contributed by atoms with Crippen LogP contribution in [0.3, 0.4) is 0 Å². The van der Waals surface area contributed by atoms with E-state index in [1.165, 1.54) is 81.6 Å². The van der Waals surface area contributed by atoms with E-state index in [0.29, 0.717) is 0 Å². The molecule has 2 aliphatic heterocycles. The zero-order valence-corrected chi connectivity index (χ0v) is 34.1. The number of benzene rings is 8. The largest absolute Gasteiger partial charge is 0.408 e. The van der Waals surface area contributed by atoms with Crippen molar-refractivity contribution in [2.75, 3.05) is 35.5 Å². The molecule has 58 heavy (non-hydrogen) atoms. The Balaban J connectivity index is 0.000000133. The lowest BCUT2D eigenvalue weighted by Gasteiger charge is -2.22. The van der Waals surface area contributed by atoms with Crippen molar-refractivity contribution in [2.45, 2.75) is 38.5 Å². The lowest BCUT2D eigenvalue weighted by Crippen LogP contribution is -2.26. The maximum atomic E-state index is 6.60. The van der Waals surface area contributed by atoms with Crippen molar-refractivity contribution in [3.63, 3.8) is 0 Å². The first-order valence-electron chi connectivity index (χ1n) is 20.7. The van der Waals surface area contributed by atoms with Crippen molar-refractivity contribution in [1.82, 2.24) is 0 Å². The Hall–Kier alpha value is -5.48. The molecule has 0 aliphatic carbocycles. The monoisotopic (exact) mass is 798 g/mol. The molecule has 0 atom stereocenters. The molecule has 288 valence electrons. The SMILES string of the molecule is c1ccc2c(c1)ccc1op(N3CCCCC3)oc3ccc4ccccc4c3c12.c1ccc2c(c1)ccc1op(N3CCCCC3)oc3ccc4ccccc4c3c12. The van der Waals surface area contributed by atoms with Gasteiger partial charge in [0.1, 0.15) is 22.3 Å². The fourth-order valence-corrected chi connectivity index (χ4v) is 12.1. The van der Waals surface area contributed by atoms with Crippen LogP contribution in [0.15, 0.2) is 162 Å². The van der Waals surface area contributed by atoms with Crippen molar-refractivity contribution in [3.8, 4) is 0 Å². The molecule has 4 heterocycles. The summed E-state index contributed by atoms with van der Waals surface area (Å²) in [5, 5.41) is 14.3. The van der Waals surface area contributed by atoms with Gasteiger partial charge in [-0.25, -0.2) is 9.34 Å². The Morgan fingerprint density at radius 3 is 0.828 bits per heavy atom. The summed E-state index contributed by atoms with van der Waals surface area (Å²) in [4.78, 5) is 0. The van der Waals surface area contributed by atoms with Crippen LogP contribution in [0, 0.1) is 0 Å². The lowest BCUT2D eigenvalue weighted by molar-refractivity contribution is 0.559. The molecule has 6 nitrogen and oxygen atoms in total. The molecule has 0 unspecified atom stereocenters. The number of hydrogen-bond donors (Lipinski definition) is 0. The minimum atomic E-state index is -1.17. The molecule has 0 amide bonds. The molecular formula is C50H44N2O4P2. The van der Waals surface area contributed by atoms with Gasteiger partial charge in [-0.3, -0.25) is 0 Å². The zero-order valence-electron chi connectivity index (χ0n) is 32.3. The first kappa shape index (κ1) is 35.7. The molecule has 0 saturated carbocycles. The topological polar surface area (TPSA) is 59.0 Å². The van der Waals surface area contributed by atoms with E-state index < -0.39 is 16.3 Å². The van der Waals surface area contributed by atoms with E-state index in [4.69, 9.17) is 16.8 Å². The van der Waals surface area contributed by atoms with E-state index >= 15 is 0 Å². The number of piperidine rings is 2. The summed E-state index contributed by atoms with van der Waals surface area (Å²) in [6, 6.07) is 51.3. The molecule has 8 heteroatoms. The second kappa shape index (κ2) is 15.4. The van der Waals surface area contributed by atoms with Crippen LogP contribution in [-0.2, 0) is 0 Å². The average Bonchev–Trinajstić information content (AvgIpc) is 3.59. The Morgan fingerprint density at radius 1 is 0.293 bits per heavy atom. The standard InChI is InChI=1S/2C25H22NO2P/c2*1-6-16-26(17-7-1)29-27-22-14-12-18-8-2-4-10-20(18)24(22)25-21-11-5-3-9-19(21)13-15-23(25)28-29/h2*2-5,8-15H,1,6-7,16-17H2. The van der Waals surface area contributed by atoms with E-state index in [1.54, 1.807) is 0 Å². The summed E-state index contributed by atoms with van der Waals surface area (Å²) in [5.74, 6) is 0. The number of rotatable bonds is 2. The predicted octanol–water partition coefficient (Wildman–Crippen LogP) is 15.4. The highest BCUT2D eigenvalue weighted by Crippen LogP contribution is 2.44. The lowest BCUT2D eigenvalue weighted by atomic mass is 9.99. The summed E-state index contributed by atoms with van der Waals surface area (Å²) in [5.41, 5.74) is 3.71. The first-order valence-corrected chi connectivity index (χ1v) is 22.9. The van der Waals surface area contributed by atoms with Crippen molar-refractivity contribution >= 4 is 103 Å². The summed E-state index contributed by atoms with van der Waals surface area (Å²) < 4.78 is 31.2. The van der Waals surface area contributed by atoms with Crippen LogP contribution >= 0.6 is 16.3 Å². The van der Waals surface area contributed by atoms with Crippen LogP contribution in [0.1, 0.15) is 38.5 Å². The van der Waals surface area contributed by atoms with Crippen molar-refractivity contribution in [1.29, 1.82) is 0 Å². The molecule has 2 aliphatic rings. The Bertz CT molecular complexity index is 2820. The fraction of sp³-hybridized carbons (Fsp3) is 0.200. The quantitative estimate of drug-likeness (QED) is 0.174. The molecule has 8 aromatic carbocycles. The van der Waals surface area contributed by atoms with Gasteiger partial charge in [0.15, 0.2) is 0 Å². The van der Waals surface area contributed by atoms with Crippen LogP contribution < -0.4 is 9.34 Å². The van der Waals surface area contributed by atoms with Gasteiger partial charge in [-0.15, -0.1) is 0 Å². The van der Waals surface area contributed by atoms with E-state index in [1.807, 2.05) is 0 Å². The van der Waals surface area contributed by atoms with Gasteiger partial charge >= 0.3 is 16.3 Å². The molecule has 0 spiro atoms. The average molecular weight is 799 g/mol. The summed E-state index contributed by atoms with van der Waals surface area (Å²) in [7, 11) is -2.33. The highest BCUT2D eigenvalue weighted by molar-refractivity contribution is 7.39. The van der Waals surface area contributed by atoms with Crippen LogP contribution in [0.4, 0.5) is 0 Å². The smallest absolute Gasteiger partial charge is 0.309 e. The van der Waals surface area contributed by atoms with Crippen molar-refractivity contribution in [3.05, 3.63) is 146 Å². The molecular weight excluding hydrogens is 755 g/mol. The van der Waals surface area contributed by atoms with Crippen molar-refractivity contribution < 1.29 is 16.8 Å². The van der Waals surface area contributed by atoms with Gasteiger partial charge in [0.05, 0.1) is 0 Å². The fourth-order valence-electron chi connectivity index (χ4n) is 9.03. The minimum absolute atomic E-state index is 0.926. The van der Waals surface area contributed by atoms with Crippen LogP contribution in [0.2, 0.25) is 0 Å². The van der Waals surface area contributed by atoms with Crippen LogP contribution in [0.5, 0.6) is 0 Å². The van der Waals surface area contributed by atoms with Gasteiger partial charge in [-0.05, 0) is 93.0 Å². The second-order valence-corrected chi connectivity index (χ2v) is 18.3. The summed E-state index contributed by atoms with van der Waals surface area (Å²) in [6.07, 6.45) is 7.42. The molecule has 10 aromatic rings. The molecule has 12 rings (SSSR count). The van der Waals surface area contributed by atoms with E-state index in [9.17, 15) is 0 Å². The van der Waals surface area contributed by atoms with Gasteiger partial charge < -0.3 is 16.8 Å². The number of fused-ring (bicyclic) bond motifs is 14. The second-order valence-electron chi connectivity index (χ2n) is 15.5. The normalized spacial score (nSPS) is 15.4. The highest BCUT2D eigenvalue weighted by atomic mass is 31.1. The van der Waals surface area contributed by atoms with Gasteiger partial charge in [-0.1, -0.05) is 134 Å². The van der Waals surface area contributed by atoms with Crippen LogP contribution in [0.25, 0.3) is 87.0 Å². The third-order valence-electron chi connectivity index (χ3n) is 11.9. The Labute approximate surface area is 338 Å². The summed E-state index contributed by atoms with van der Waals surface area (Å²) in [6.45, 7) is 4.16. The molecule has 0 bridgehead atoms. The number of hydrogen-bond acceptors (Lipinski definition) is 6. The molecule has 2 aromatic heterocycles. The van der Waals surface area contributed by atoms with E-state index in [2.05, 4.69) is 155 Å². The van der Waals surface area contributed by atoms with Gasteiger partial charge in [0.2, 0.25) is 0 Å². The minimum Gasteiger partial charge on any atom is -0.408 e. The van der Waals surface area contributed by atoms with Crippen LogP contribution in [-0.4, -0.2) is 26.2 Å². The van der Waals surface area contributed by atoms with Gasteiger partial charge in [0.25, 0.3) is 0 Å². The van der Waals surface area contributed by atoms with E-state index in [0.717, 1.165) is 70.1 Å². The third kappa shape index (κ3) is 6.46. The molecule has 2 saturated heterocycles. The molecule has 0 radical (unpaired) electrons. The van der Waals surface area contributed by atoms with Gasteiger partial charge in [0, 0.05) is 47.7 Å². The Kier molecular flexibility index (Phi) is 9.45. The highest BCUT2D eigenvalue weighted by Gasteiger charge is 2.21. The van der Waals surface area contributed by atoms with Gasteiger partial charge in [-0.2, -0.15) is 0 Å². The molecule has 0 N–H and O–H groups in total. The molecule has 2 fully saturated rings. The Morgan fingerprint density at radius 2 is 0.552 bits per heavy atom. The van der Waals surface area contributed by atoms with E-state index in [-0.39, 0.29) is 0 Å². The van der Waals surface area contributed by atoms with Crippen molar-refractivity contribution in [2.24, 2.45) is 0 Å². The zero-order chi connectivity index (χ0) is 38.4. The maximum absolute atomic E-state index is 6.60. The number of nitrogens with zero attached hydrogens (tertiary/aromatic N) is 2. The maximum Gasteiger partial charge on any atom is 0.309 e. The third-order valence-corrected chi connectivity index (χ3v) is 15.0.